The predicted molar refractivity (Wildman–Crippen MR) is 93.9 cm³/mol. The highest BCUT2D eigenvalue weighted by atomic mass is 28.3. The maximum Gasteiger partial charge on any atom is 0.172 e. The van der Waals surface area contributed by atoms with E-state index in [-0.39, 0.29) is 30.0 Å². The van der Waals surface area contributed by atoms with Gasteiger partial charge in [0.1, 0.15) is 12.9 Å². The average molecular weight is 341 g/mol. The van der Waals surface area contributed by atoms with Crippen molar-refractivity contribution in [2.24, 2.45) is 16.7 Å². The van der Waals surface area contributed by atoms with Crippen LogP contribution in [0.4, 0.5) is 0 Å². The van der Waals surface area contributed by atoms with Crippen LogP contribution < -0.4 is 0 Å². The zero-order valence-corrected chi connectivity index (χ0v) is 16.5. The summed E-state index contributed by atoms with van der Waals surface area (Å²) in [6.07, 6.45) is 5.35. The van der Waals surface area contributed by atoms with Crippen molar-refractivity contribution in [1.29, 1.82) is 0 Å². The van der Waals surface area contributed by atoms with Crippen molar-refractivity contribution in [3.63, 3.8) is 0 Å². The molecule has 5 heteroatoms. The lowest BCUT2D eigenvalue weighted by molar-refractivity contribution is -0.146. The molecule has 2 fully saturated rings. The Balaban J connectivity index is 2.05. The minimum absolute atomic E-state index is 0.0961. The van der Waals surface area contributed by atoms with E-state index >= 15 is 0 Å². The lowest BCUT2D eigenvalue weighted by atomic mass is 9.69. The van der Waals surface area contributed by atoms with Gasteiger partial charge in [-0.15, -0.1) is 0 Å². The summed E-state index contributed by atoms with van der Waals surface area (Å²) >= 11 is 0. The molecule has 2 rings (SSSR count). The van der Waals surface area contributed by atoms with Crippen LogP contribution in [0.5, 0.6) is 0 Å². The molecule has 2 aliphatic carbocycles. The zero-order chi connectivity index (χ0) is 17.3. The smallest absolute Gasteiger partial charge is 0.172 e. The van der Waals surface area contributed by atoms with Gasteiger partial charge in [-0.25, -0.2) is 0 Å². The summed E-state index contributed by atoms with van der Waals surface area (Å²) in [6, 6.07) is 1.13. The van der Waals surface area contributed by atoms with E-state index in [4.69, 9.17) is 14.2 Å². The highest BCUT2D eigenvalue weighted by Gasteiger charge is 2.68. The third kappa shape index (κ3) is 3.42. The van der Waals surface area contributed by atoms with Gasteiger partial charge >= 0.3 is 0 Å². The van der Waals surface area contributed by atoms with Crippen molar-refractivity contribution in [3.8, 4) is 0 Å². The molecular formula is C18H32O4Si. The van der Waals surface area contributed by atoms with E-state index in [9.17, 15) is 4.79 Å². The number of carbonyl (C=O) groups is 1. The Bertz CT molecular complexity index is 466. The monoisotopic (exact) mass is 340 g/mol. The summed E-state index contributed by atoms with van der Waals surface area (Å²) in [7, 11) is 0.503. The number of hydrogen-bond acceptors (Lipinski definition) is 4. The minimum atomic E-state index is -1.08. The van der Waals surface area contributed by atoms with Crippen LogP contribution in [0.3, 0.4) is 0 Å². The summed E-state index contributed by atoms with van der Waals surface area (Å²) in [6.45, 7) is 12.3. The summed E-state index contributed by atoms with van der Waals surface area (Å²) in [5, 5.41) is 0. The Kier molecular flexibility index (Phi) is 5.43. The molecule has 2 bridgehead atoms. The van der Waals surface area contributed by atoms with Gasteiger partial charge in [0.05, 0.1) is 18.3 Å². The van der Waals surface area contributed by atoms with Gasteiger partial charge in [-0.05, 0) is 36.3 Å². The SMILES string of the molecule is COCO[C@H]1C(=O)[C@@]2(/C=C\OCC[Si](C)(C)C)CC[C@H]1C2(C)C. The third-order valence-corrected chi connectivity index (χ3v) is 7.48. The maximum atomic E-state index is 13.0. The first-order valence-electron chi connectivity index (χ1n) is 8.60. The first-order chi connectivity index (χ1) is 10.7. The Hall–Kier alpha value is -0.653. The highest BCUT2D eigenvalue weighted by molar-refractivity contribution is 6.76. The average Bonchev–Trinajstić information content (AvgIpc) is 2.78. The van der Waals surface area contributed by atoms with E-state index < -0.39 is 13.5 Å². The largest absolute Gasteiger partial charge is 0.502 e. The van der Waals surface area contributed by atoms with Gasteiger partial charge in [0, 0.05) is 15.2 Å². The minimum Gasteiger partial charge on any atom is -0.502 e. The molecule has 0 aromatic rings. The van der Waals surface area contributed by atoms with Gasteiger partial charge in [0.2, 0.25) is 0 Å². The second-order valence-corrected chi connectivity index (χ2v) is 14.3. The van der Waals surface area contributed by atoms with E-state index in [1.807, 2.05) is 6.08 Å². The molecule has 0 heterocycles. The lowest BCUT2D eigenvalue weighted by Crippen LogP contribution is -2.37. The first kappa shape index (κ1) is 18.7. The molecule has 132 valence electrons. The molecule has 3 atom stereocenters. The van der Waals surface area contributed by atoms with Crippen LogP contribution in [0.2, 0.25) is 25.7 Å². The molecule has 0 N–H and O–H groups in total. The number of fused-ring (bicyclic) bond motifs is 2. The molecule has 0 unspecified atom stereocenters. The Morgan fingerprint density at radius 3 is 2.61 bits per heavy atom. The van der Waals surface area contributed by atoms with Gasteiger partial charge in [0.25, 0.3) is 0 Å². The van der Waals surface area contributed by atoms with Crippen molar-refractivity contribution >= 4 is 13.9 Å². The van der Waals surface area contributed by atoms with Crippen LogP contribution in [0.1, 0.15) is 26.7 Å². The van der Waals surface area contributed by atoms with E-state index in [0.717, 1.165) is 25.5 Å². The second kappa shape index (κ2) is 6.69. The fourth-order valence-corrected chi connectivity index (χ4v) is 4.85. The van der Waals surface area contributed by atoms with Crippen LogP contribution in [0.25, 0.3) is 0 Å². The third-order valence-electron chi connectivity index (χ3n) is 5.77. The van der Waals surface area contributed by atoms with Crippen LogP contribution >= 0.6 is 0 Å². The molecule has 0 aromatic carbocycles. The van der Waals surface area contributed by atoms with E-state index in [1.165, 1.54) is 0 Å². The summed E-state index contributed by atoms with van der Waals surface area (Å²) in [4.78, 5) is 13.0. The van der Waals surface area contributed by atoms with E-state index in [2.05, 4.69) is 33.5 Å². The Morgan fingerprint density at radius 1 is 1.30 bits per heavy atom. The number of methoxy groups -OCH3 is 1. The predicted octanol–water partition coefficient (Wildman–Crippen LogP) is 3.85. The maximum absolute atomic E-state index is 13.0. The molecular weight excluding hydrogens is 308 g/mol. The number of hydrogen-bond donors (Lipinski definition) is 0. The van der Waals surface area contributed by atoms with Crippen molar-refractivity contribution in [2.45, 2.75) is 58.5 Å². The molecule has 4 nitrogen and oxygen atoms in total. The van der Waals surface area contributed by atoms with Crippen molar-refractivity contribution in [2.75, 3.05) is 20.5 Å². The summed E-state index contributed by atoms with van der Waals surface area (Å²) in [5.74, 6) is 0.456. The fraction of sp³-hybridized carbons (Fsp3) is 0.833. The summed E-state index contributed by atoms with van der Waals surface area (Å²) < 4.78 is 16.4. The first-order valence-corrected chi connectivity index (χ1v) is 12.3. The number of rotatable bonds is 8. The van der Waals surface area contributed by atoms with Gasteiger partial charge < -0.3 is 14.2 Å². The second-order valence-electron chi connectivity index (χ2n) is 8.68. The number of ether oxygens (including phenoxy) is 3. The van der Waals surface area contributed by atoms with Crippen molar-refractivity contribution in [1.82, 2.24) is 0 Å². The molecule has 0 spiro atoms. The number of ketones is 1. The lowest BCUT2D eigenvalue weighted by Gasteiger charge is -2.33. The van der Waals surface area contributed by atoms with Gasteiger partial charge in [-0.3, -0.25) is 4.79 Å². The standard InChI is InChI=1S/C18H32O4Si/c1-17(2)14-7-8-18(17,16(19)15(14)22-13-20-3)9-10-21-11-12-23(4,5)6/h9-10,14-15H,7-8,11-13H2,1-6H3/b10-9-/t14-,15-,18+/m1/s1. The Morgan fingerprint density at radius 2 is 2.00 bits per heavy atom. The number of Topliss-reactive ketones (excluding diaryl/α,β-unsaturated/α-hetero) is 1. The molecule has 2 aliphatic rings. The van der Waals surface area contributed by atoms with Crippen molar-refractivity contribution in [3.05, 3.63) is 12.3 Å². The number of carbonyl (C=O) groups excluding carboxylic acids is 1. The van der Waals surface area contributed by atoms with Crippen LogP contribution in [0, 0.1) is 16.7 Å². The van der Waals surface area contributed by atoms with Crippen molar-refractivity contribution < 1.29 is 19.0 Å². The van der Waals surface area contributed by atoms with E-state index in [1.54, 1.807) is 13.4 Å². The summed E-state index contributed by atoms with van der Waals surface area (Å²) in [5.41, 5.74) is -0.545. The van der Waals surface area contributed by atoms with Gasteiger partial charge in [-0.1, -0.05) is 33.5 Å². The quantitative estimate of drug-likeness (QED) is 0.291. The van der Waals surface area contributed by atoms with Gasteiger partial charge in [0.15, 0.2) is 5.78 Å². The number of allylic oxidation sites excluding steroid dienone is 1. The fourth-order valence-electron chi connectivity index (χ4n) is 4.11. The van der Waals surface area contributed by atoms with E-state index in [0.29, 0.717) is 0 Å². The molecule has 0 saturated heterocycles. The topological polar surface area (TPSA) is 44.8 Å². The molecule has 0 amide bonds. The normalized spacial score (nSPS) is 32.9. The molecule has 23 heavy (non-hydrogen) atoms. The van der Waals surface area contributed by atoms with Crippen LogP contribution in [-0.2, 0) is 19.0 Å². The molecule has 0 aliphatic heterocycles. The molecule has 0 aromatic heterocycles. The highest BCUT2D eigenvalue weighted by Crippen LogP contribution is 2.65. The zero-order valence-electron chi connectivity index (χ0n) is 15.5. The van der Waals surface area contributed by atoms with Crippen LogP contribution in [-0.4, -0.2) is 40.5 Å². The van der Waals surface area contributed by atoms with Crippen LogP contribution in [0.15, 0.2) is 12.3 Å². The molecule has 2 saturated carbocycles. The molecule has 0 radical (unpaired) electrons. The Labute approximate surface area is 141 Å². The van der Waals surface area contributed by atoms with Gasteiger partial charge in [-0.2, -0.15) is 0 Å².